The Balaban J connectivity index is 2.14. The molecule has 2 heteroatoms. The van der Waals surface area contributed by atoms with Crippen molar-refractivity contribution in [1.82, 2.24) is 0 Å². The van der Waals surface area contributed by atoms with E-state index in [4.69, 9.17) is 0 Å². The van der Waals surface area contributed by atoms with Gasteiger partial charge in [-0.25, -0.2) is 0 Å². The third kappa shape index (κ3) is 2.20. The van der Waals surface area contributed by atoms with E-state index in [0.717, 1.165) is 9.75 Å². The maximum absolute atomic E-state index is 11.7. The molecule has 0 saturated heterocycles. The van der Waals surface area contributed by atoms with Gasteiger partial charge in [0.15, 0.2) is 5.78 Å². The van der Waals surface area contributed by atoms with Crippen LogP contribution in [0, 0.1) is 0 Å². The van der Waals surface area contributed by atoms with Gasteiger partial charge in [-0.3, -0.25) is 4.79 Å². The van der Waals surface area contributed by atoms with Crippen LogP contribution in [0.4, 0.5) is 0 Å². The highest BCUT2D eigenvalue weighted by molar-refractivity contribution is 7.17. The zero-order chi connectivity index (χ0) is 13.2. The number of hydrogen-bond acceptors (Lipinski definition) is 2. The highest BCUT2D eigenvalue weighted by Crippen LogP contribution is 2.33. The molecule has 3 rings (SSSR count). The molecule has 0 bridgehead atoms. The zero-order valence-electron chi connectivity index (χ0n) is 10.7. The summed E-state index contributed by atoms with van der Waals surface area (Å²) in [5, 5.41) is 2.47. The van der Waals surface area contributed by atoms with Crippen LogP contribution < -0.4 is 0 Å². The molecule has 1 heterocycles. The highest BCUT2D eigenvalue weighted by Gasteiger charge is 2.10. The second kappa shape index (κ2) is 4.98. The highest BCUT2D eigenvalue weighted by atomic mass is 32.1. The maximum Gasteiger partial charge on any atom is 0.172 e. The summed E-state index contributed by atoms with van der Waals surface area (Å²) in [6, 6.07) is 18.6. The van der Waals surface area contributed by atoms with Gasteiger partial charge in [0.1, 0.15) is 0 Å². The lowest BCUT2D eigenvalue weighted by atomic mass is 10.0. The van der Waals surface area contributed by atoms with E-state index in [9.17, 15) is 4.79 Å². The van der Waals surface area contributed by atoms with Crippen LogP contribution in [0.1, 0.15) is 23.0 Å². The summed E-state index contributed by atoms with van der Waals surface area (Å²) in [5.74, 6) is 0.219. The fraction of sp³-hybridized carbons (Fsp3) is 0.118. The van der Waals surface area contributed by atoms with E-state index in [1.807, 2.05) is 19.1 Å². The molecule has 0 aliphatic rings. The molecule has 1 aromatic heterocycles. The molecular formula is C17H14OS. The molecule has 0 saturated carbocycles. The molecule has 3 aromatic rings. The third-order valence-electron chi connectivity index (χ3n) is 3.26. The van der Waals surface area contributed by atoms with Crippen LogP contribution in [-0.4, -0.2) is 5.78 Å². The first-order valence-electron chi connectivity index (χ1n) is 6.41. The Morgan fingerprint density at radius 1 is 1.00 bits per heavy atom. The topological polar surface area (TPSA) is 17.1 Å². The molecule has 0 radical (unpaired) electrons. The predicted octanol–water partition coefficient (Wildman–Crippen LogP) is 5.16. The maximum atomic E-state index is 11.7. The van der Waals surface area contributed by atoms with Gasteiger partial charge in [-0.05, 0) is 28.5 Å². The van der Waals surface area contributed by atoms with Crippen molar-refractivity contribution in [2.45, 2.75) is 13.3 Å². The fourth-order valence-corrected chi connectivity index (χ4v) is 3.30. The lowest BCUT2D eigenvalue weighted by molar-refractivity contribution is 0.0992. The Labute approximate surface area is 116 Å². The molecule has 2 aromatic carbocycles. The standard InChI is InChI=1S/C17H14OS/c1-2-15(18)17-11-10-16(19-17)14-9-5-7-12-6-3-4-8-13(12)14/h3-11H,2H2,1H3. The average molecular weight is 266 g/mol. The van der Waals surface area contributed by atoms with Crippen molar-refractivity contribution in [3.05, 3.63) is 59.5 Å². The van der Waals surface area contributed by atoms with Gasteiger partial charge in [-0.2, -0.15) is 0 Å². The second-order valence-electron chi connectivity index (χ2n) is 4.47. The van der Waals surface area contributed by atoms with E-state index in [1.54, 1.807) is 11.3 Å². The third-order valence-corrected chi connectivity index (χ3v) is 4.42. The number of thiophene rings is 1. The van der Waals surface area contributed by atoms with Crippen LogP contribution in [-0.2, 0) is 0 Å². The molecular weight excluding hydrogens is 252 g/mol. The van der Waals surface area contributed by atoms with E-state index < -0.39 is 0 Å². The Morgan fingerprint density at radius 3 is 2.63 bits per heavy atom. The van der Waals surface area contributed by atoms with Crippen molar-refractivity contribution in [3.63, 3.8) is 0 Å². The lowest BCUT2D eigenvalue weighted by Crippen LogP contribution is -1.90. The summed E-state index contributed by atoms with van der Waals surface area (Å²) in [5.41, 5.74) is 1.21. The minimum Gasteiger partial charge on any atom is -0.293 e. The lowest BCUT2D eigenvalue weighted by Gasteiger charge is -2.03. The smallest absolute Gasteiger partial charge is 0.172 e. The van der Waals surface area contributed by atoms with Crippen molar-refractivity contribution in [2.24, 2.45) is 0 Å². The van der Waals surface area contributed by atoms with Crippen LogP contribution in [0.2, 0.25) is 0 Å². The van der Waals surface area contributed by atoms with Gasteiger partial charge in [-0.15, -0.1) is 11.3 Å². The number of ketones is 1. The van der Waals surface area contributed by atoms with Crippen molar-refractivity contribution in [2.75, 3.05) is 0 Å². The molecule has 0 amide bonds. The van der Waals surface area contributed by atoms with Crippen LogP contribution in [0.25, 0.3) is 21.2 Å². The van der Waals surface area contributed by atoms with E-state index in [-0.39, 0.29) is 5.78 Å². The monoisotopic (exact) mass is 266 g/mol. The van der Waals surface area contributed by atoms with Gasteiger partial charge in [0.25, 0.3) is 0 Å². The number of carbonyl (C=O) groups is 1. The molecule has 0 fully saturated rings. The van der Waals surface area contributed by atoms with Crippen molar-refractivity contribution in [1.29, 1.82) is 0 Å². The minimum absolute atomic E-state index is 0.219. The number of fused-ring (bicyclic) bond motifs is 1. The van der Waals surface area contributed by atoms with E-state index in [0.29, 0.717) is 6.42 Å². The molecule has 0 aliphatic heterocycles. The second-order valence-corrected chi connectivity index (χ2v) is 5.55. The summed E-state index contributed by atoms with van der Waals surface area (Å²) < 4.78 is 0. The van der Waals surface area contributed by atoms with Gasteiger partial charge in [0.05, 0.1) is 4.88 Å². The SMILES string of the molecule is CCC(=O)c1ccc(-c2cccc3ccccc23)s1. The Hall–Kier alpha value is -1.93. The first kappa shape index (κ1) is 12.1. The number of carbonyl (C=O) groups excluding carboxylic acids is 1. The van der Waals surface area contributed by atoms with Gasteiger partial charge in [0, 0.05) is 11.3 Å². The van der Waals surface area contributed by atoms with Gasteiger partial charge >= 0.3 is 0 Å². The Bertz CT molecular complexity index is 734. The summed E-state index contributed by atoms with van der Waals surface area (Å²) in [6.45, 7) is 1.90. The number of hydrogen-bond donors (Lipinski definition) is 0. The molecule has 0 spiro atoms. The van der Waals surface area contributed by atoms with Gasteiger partial charge < -0.3 is 0 Å². The van der Waals surface area contributed by atoms with Crippen molar-refractivity contribution >= 4 is 27.9 Å². The van der Waals surface area contributed by atoms with E-state index in [1.165, 1.54) is 16.3 Å². The zero-order valence-corrected chi connectivity index (χ0v) is 11.5. The first-order valence-corrected chi connectivity index (χ1v) is 7.22. The molecule has 0 unspecified atom stereocenters. The molecule has 0 aliphatic carbocycles. The molecule has 1 nitrogen and oxygen atoms in total. The van der Waals surface area contributed by atoms with Gasteiger partial charge in [0.2, 0.25) is 0 Å². The average Bonchev–Trinajstić information content (AvgIpc) is 2.95. The van der Waals surface area contributed by atoms with E-state index in [2.05, 4.69) is 42.5 Å². The quantitative estimate of drug-likeness (QED) is 0.598. The first-order chi connectivity index (χ1) is 9.29. The predicted molar refractivity (Wildman–Crippen MR) is 81.9 cm³/mol. The van der Waals surface area contributed by atoms with Crippen LogP contribution in [0.3, 0.4) is 0 Å². The largest absolute Gasteiger partial charge is 0.293 e. The summed E-state index contributed by atoms with van der Waals surface area (Å²) in [4.78, 5) is 13.7. The molecule has 0 N–H and O–H groups in total. The van der Waals surface area contributed by atoms with Crippen LogP contribution in [0.15, 0.2) is 54.6 Å². The van der Waals surface area contributed by atoms with Crippen molar-refractivity contribution in [3.8, 4) is 10.4 Å². The number of rotatable bonds is 3. The molecule has 94 valence electrons. The van der Waals surface area contributed by atoms with Crippen molar-refractivity contribution < 1.29 is 4.79 Å². The molecule has 19 heavy (non-hydrogen) atoms. The number of Topliss-reactive ketones (excluding diaryl/α,β-unsaturated/α-hetero) is 1. The number of benzene rings is 2. The normalized spacial score (nSPS) is 10.8. The Morgan fingerprint density at radius 2 is 1.79 bits per heavy atom. The van der Waals surface area contributed by atoms with Gasteiger partial charge in [-0.1, -0.05) is 49.4 Å². The summed E-state index contributed by atoms with van der Waals surface area (Å²) >= 11 is 1.58. The van der Waals surface area contributed by atoms with Crippen LogP contribution in [0.5, 0.6) is 0 Å². The van der Waals surface area contributed by atoms with E-state index >= 15 is 0 Å². The summed E-state index contributed by atoms with van der Waals surface area (Å²) in [7, 11) is 0. The summed E-state index contributed by atoms with van der Waals surface area (Å²) in [6.07, 6.45) is 0.565. The molecule has 0 atom stereocenters. The Kier molecular flexibility index (Phi) is 3.18. The van der Waals surface area contributed by atoms with Crippen LogP contribution >= 0.6 is 11.3 Å². The minimum atomic E-state index is 0.219. The fourth-order valence-electron chi connectivity index (χ4n) is 2.25.